The lowest BCUT2D eigenvalue weighted by Gasteiger charge is -2.07. The number of nitrogens with one attached hydrogen (secondary N) is 1. The summed E-state index contributed by atoms with van der Waals surface area (Å²) < 4.78 is 15.6. The summed E-state index contributed by atoms with van der Waals surface area (Å²) in [5.74, 6) is -0.752. The molecule has 2 aromatic carbocycles. The van der Waals surface area contributed by atoms with Crippen LogP contribution in [-0.4, -0.2) is 30.5 Å². The molecule has 0 aliphatic rings. The van der Waals surface area contributed by atoms with Gasteiger partial charge in [-0.1, -0.05) is 23.4 Å². The van der Waals surface area contributed by atoms with Crippen molar-refractivity contribution in [1.82, 2.24) is 24.5 Å². The number of halogens is 1. The number of aromatic nitrogens is 5. The summed E-state index contributed by atoms with van der Waals surface area (Å²) in [5, 5.41) is 10.5. The normalized spacial score (nSPS) is 10.9. The Hall–Kier alpha value is -3.88. The maximum atomic E-state index is 13.1. The van der Waals surface area contributed by atoms with Crippen molar-refractivity contribution in [2.75, 3.05) is 5.32 Å². The molecule has 0 atom stereocenters. The van der Waals surface area contributed by atoms with Gasteiger partial charge in [0, 0.05) is 5.69 Å². The van der Waals surface area contributed by atoms with Crippen LogP contribution in [0.2, 0.25) is 0 Å². The average Bonchev–Trinajstić information content (AvgIpc) is 3.10. The second-order valence-electron chi connectivity index (χ2n) is 5.74. The van der Waals surface area contributed by atoms with Crippen LogP contribution in [0.25, 0.3) is 16.9 Å². The number of amides is 1. The average molecular weight is 364 g/mol. The van der Waals surface area contributed by atoms with Gasteiger partial charge in [-0.3, -0.25) is 14.2 Å². The van der Waals surface area contributed by atoms with Crippen LogP contribution in [0.4, 0.5) is 10.1 Å². The Morgan fingerprint density at radius 1 is 1.07 bits per heavy atom. The Kier molecular flexibility index (Phi) is 4.17. The molecule has 4 rings (SSSR count). The smallest absolute Gasteiger partial charge is 0.284 e. The van der Waals surface area contributed by atoms with E-state index in [1.165, 1.54) is 35.3 Å². The molecular weight excluding hydrogens is 351 g/mol. The Bertz CT molecular complexity index is 1170. The number of anilines is 1. The van der Waals surface area contributed by atoms with Crippen LogP contribution in [0, 0.1) is 5.82 Å². The van der Waals surface area contributed by atoms with E-state index in [4.69, 9.17) is 0 Å². The van der Waals surface area contributed by atoms with Crippen molar-refractivity contribution < 1.29 is 9.18 Å². The Balaban J connectivity index is 1.62. The lowest BCUT2D eigenvalue weighted by atomic mass is 10.3. The molecule has 0 bridgehead atoms. The highest BCUT2D eigenvalue weighted by Crippen LogP contribution is 2.12. The zero-order chi connectivity index (χ0) is 18.8. The second-order valence-corrected chi connectivity index (χ2v) is 5.74. The topological polar surface area (TPSA) is 94.7 Å². The third-order valence-corrected chi connectivity index (χ3v) is 3.87. The van der Waals surface area contributed by atoms with Crippen molar-refractivity contribution in [3.63, 3.8) is 0 Å². The van der Waals surface area contributed by atoms with E-state index in [0.717, 1.165) is 4.57 Å². The van der Waals surface area contributed by atoms with Crippen molar-refractivity contribution in [1.29, 1.82) is 0 Å². The monoisotopic (exact) mass is 364 g/mol. The Morgan fingerprint density at radius 3 is 2.56 bits per heavy atom. The lowest BCUT2D eigenvalue weighted by molar-refractivity contribution is -0.116. The highest BCUT2D eigenvalue weighted by Gasteiger charge is 2.15. The predicted octanol–water partition coefficient (Wildman–Crippen LogP) is 1.75. The molecule has 0 radical (unpaired) electrons. The third kappa shape index (κ3) is 3.30. The summed E-state index contributed by atoms with van der Waals surface area (Å²) in [6.07, 6.45) is 1.26. The minimum absolute atomic E-state index is 0.0225. The first-order valence-electron chi connectivity index (χ1n) is 8.03. The van der Waals surface area contributed by atoms with E-state index in [9.17, 15) is 14.0 Å². The minimum atomic E-state index is -0.489. The summed E-state index contributed by atoms with van der Waals surface area (Å²) in [7, 11) is 0. The number of nitrogens with zero attached hydrogens (tertiary/aromatic N) is 5. The number of fused-ring (bicyclic) bond motifs is 1. The fraction of sp³-hybridized carbons (Fsp3) is 0.0556. The van der Waals surface area contributed by atoms with Crippen LogP contribution < -0.4 is 10.9 Å². The molecule has 1 amide bonds. The first-order valence-corrected chi connectivity index (χ1v) is 8.03. The molecule has 134 valence electrons. The van der Waals surface area contributed by atoms with Crippen LogP contribution in [0.1, 0.15) is 0 Å². The minimum Gasteiger partial charge on any atom is -0.325 e. The predicted molar refractivity (Wildman–Crippen MR) is 95.9 cm³/mol. The van der Waals surface area contributed by atoms with Gasteiger partial charge in [-0.2, -0.15) is 4.68 Å². The maximum absolute atomic E-state index is 13.1. The Morgan fingerprint density at radius 2 is 1.81 bits per heavy atom. The van der Waals surface area contributed by atoms with Crippen molar-refractivity contribution in [3.8, 4) is 5.69 Å². The molecule has 0 aliphatic heterocycles. The van der Waals surface area contributed by atoms with Crippen molar-refractivity contribution >= 4 is 22.8 Å². The summed E-state index contributed by atoms with van der Waals surface area (Å²) in [6.45, 7) is -0.208. The quantitative estimate of drug-likeness (QED) is 0.595. The van der Waals surface area contributed by atoms with Crippen LogP contribution >= 0.6 is 0 Å². The molecule has 0 saturated carbocycles. The van der Waals surface area contributed by atoms with Crippen LogP contribution in [0.3, 0.4) is 0 Å². The fourth-order valence-electron chi connectivity index (χ4n) is 2.59. The standard InChI is InChI=1S/C18H13FN6O2/c19-12-6-8-14(9-7-12)25-17-16(22-23-25)18(27)24(11-20-17)10-15(26)21-13-4-2-1-3-5-13/h1-9,11H,10H2,(H,21,26). The second kappa shape index (κ2) is 6.79. The van der Waals surface area contributed by atoms with E-state index >= 15 is 0 Å². The van der Waals surface area contributed by atoms with E-state index < -0.39 is 5.56 Å². The highest BCUT2D eigenvalue weighted by molar-refractivity contribution is 5.90. The lowest BCUT2D eigenvalue weighted by Crippen LogP contribution is -2.28. The van der Waals surface area contributed by atoms with Gasteiger partial charge in [-0.05, 0) is 36.4 Å². The maximum Gasteiger partial charge on any atom is 0.284 e. The summed E-state index contributed by atoms with van der Waals surface area (Å²) in [6, 6.07) is 14.5. The van der Waals surface area contributed by atoms with E-state index in [0.29, 0.717) is 11.4 Å². The van der Waals surface area contributed by atoms with Gasteiger partial charge < -0.3 is 5.32 Å². The van der Waals surface area contributed by atoms with Gasteiger partial charge >= 0.3 is 0 Å². The van der Waals surface area contributed by atoms with Gasteiger partial charge in [0.25, 0.3) is 5.56 Å². The van der Waals surface area contributed by atoms with Crippen molar-refractivity contribution in [2.45, 2.75) is 6.54 Å². The van der Waals surface area contributed by atoms with Crippen LogP contribution in [0.15, 0.2) is 65.7 Å². The number of benzene rings is 2. The molecule has 2 heterocycles. The molecule has 9 heteroatoms. The molecule has 4 aromatic rings. The molecule has 0 aliphatic carbocycles. The summed E-state index contributed by atoms with van der Waals surface area (Å²) in [5.41, 5.74) is 0.912. The number of carbonyl (C=O) groups excluding carboxylic acids is 1. The van der Waals surface area contributed by atoms with Gasteiger partial charge in [-0.15, -0.1) is 5.10 Å². The van der Waals surface area contributed by atoms with Crippen LogP contribution in [0.5, 0.6) is 0 Å². The molecule has 0 spiro atoms. The van der Waals surface area contributed by atoms with Gasteiger partial charge in [0.1, 0.15) is 18.7 Å². The molecule has 0 unspecified atom stereocenters. The zero-order valence-electron chi connectivity index (χ0n) is 13.9. The van der Waals surface area contributed by atoms with Crippen molar-refractivity contribution in [2.24, 2.45) is 0 Å². The molecule has 27 heavy (non-hydrogen) atoms. The number of hydrogen-bond acceptors (Lipinski definition) is 5. The van der Waals surface area contributed by atoms with Gasteiger partial charge in [-0.25, -0.2) is 9.37 Å². The van der Waals surface area contributed by atoms with Crippen LogP contribution in [-0.2, 0) is 11.3 Å². The summed E-state index contributed by atoms with van der Waals surface area (Å²) in [4.78, 5) is 28.9. The third-order valence-electron chi connectivity index (χ3n) is 3.87. The Labute approximate surface area is 151 Å². The molecular formula is C18H13FN6O2. The van der Waals surface area contributed by atoms with Gasteiger partial charge in [0.15, 0.2) is 11.2 Å². The van der Waals surface area contributed by atoms with E-state index in [2.05, 4.69) is 20.6 Å². The number of para-hydroxylation sites is 1. The highest BCUT2D eigenvalue weighted by atomic mass is 19.1. The number of rotatable bonds is 4. The van der Waals surface area contributed by atoms with E-state index in [1.807, 2.05) is 6.07 Å². The largest absolute Gasteiger partial charge is 0.325 e. The van der Waals surface area contributed by atoms with Gasteiger partial charge in [0.2, 0.25) is 5.91 Å². The van der Waals surface area contributed by atoms with E-state index in [-0.39, 0.29) is 29.4 Å². The molecule has 8 nitrogen and oxygen atoms in total. The number of carbonyl (C=O) groups is 1. The SMILES string of the molecule is O=C(Cn1cnc2c(nnn2-c2ccc(F)cc2)c1=O)Nc1ccccc1. The molecule has 2 aromatic heterocycles. The summed E-state index contributed by atoms with van der Waals surface area (Å²) >= 11 is 0. The van der Waals surface area contributed by atoms with Gasteiger partial charge in [0.05, 0.1) is 5.69 Å². The molecule has 0 saturated heterocycles. The first kappa shape index (κ1) is 16.6. The fourth-order valence-corrected chi connectivity index (χ4v) is 2.59. The number of hydrogen-bond donors (Lipinski definition) is 1. The molecule has 1 N–H and O–H groups in total. The van der Waals surface area contributed by atoms with Crippen molar-refractivity contribution in [3.05, 3.63) is 77.1 Å². The first-order chi connectivity index (χ1) is 13.1. The van der Waals surface area contributed by atoms with E-state index in [1.54, 1.807) is 24.3 Å². The molecule has 0 fully saturated rings. The zero-order valence-corrected chi connectivity index (χ0v) is 13.9.